The van der Waals surface area contributed by atoms with Crippen molar-refractivity contribution in [1.82, 2.24) is 5.32 Å². The number of nitrogens with two attached hydrogens (primary N) is 1. The van der Waals surface area contributed by atoms with Crippen LogP contribution in [-0.2, 0) is 15.1 Å². The molecule has 0 aromatic heterocycles. The molecule has 1 aromatic rings. The van der Waals surface area contributed by atoms with Gasteiger partial charge in [0.25, 0.3) is 0 Å². The molecule has 0 bridgehead atoms. The van der Waals surface area contributed by atoms with Gasteiger partial charge in [0.05, 0.1) is 18.8 Å². The molecule has 21 heavy (non-hydrogen) atoms. The molecule has 5 nitrogen and oxygen atoms in total. The first-order valence-electron chi connectivity index (χ1n) is 6.98. The lowest BCUT2D eigenvalue weighted by Gasteiger charge is -2.30. The van der Waals surface area contributed by atoms with E-state index in [1.54, 1.807) is 13.0 Å². The van der Waals surface area contributed by atoms with Crippen LogP contribution in [0.2, 0.25) is 0 Å². The molecular formula is C15H21FN2O3. The van der Waals surface area contributed by atoms with Crippen LogP contribution in [0.5, 0.6) is 5.75 Å². The van der Waals surface area contributed by atoms with Crippen molar-refractivity contribution in [3.05, 3.63) is 29.6 Å². The van der Waals surface area contributed by atoms with E-state index in [1.807, 2.05) is 0 Å². The van der Waals surface area contributed by atoms with Gasteiger partial charge in [-0.05, 0) is 31.9 Å². The van der Waals surface area contributed by atoms with Crippen LogP contribution in [0.3, 0.4) is 0 Å². The normalized spacial score (nSPS) is 21.0. The van der Waals surface area contributed by atoms with E-state index in [0.717, 1.165) is 12.8 Å². The molecule has 2 unspecified atom stereocenters. The molecule has 1 heterocycles. The zero-order chi connectivity index (χ0) is 15.5. The van der Waals surface area contributed by atoms with Gasteiger partial charge in [0.2, 0.25) is 5.91 Å². The van der Waals surface area contributed by atoms with E-state index < -0.39 is 17.3 Å². The van der Waals surface area contributed by atoms with Crippen LogP contribution in [0.25, 0.3) is 0 Å². The number of hydrogen-bond donors (Lipinski definition) is 2. The highest BCUT2D eigenvalue weighted by Crippen LogP contribution is 2.32. The number of hydrogen-bond acceptors (Lipinski definition) is 4. The van der Waals surface area contributed by atoms with Gasteiger partial charge in [0.15, 0.2) is 0 Å². The van der Waals surface area contributed by atoms with Crippen molar-refractivity contribution in [2.24, 2.45) is 5.73 Å². The standard InChI is InChI=1S/C15H21FN2O3/c1-15(14(17)19,18-9-10-5-4-8-21-10)13-11(16)6-3-7-12(13)20-2/h3,6-7,10,18H,4-5,8-9H2,1-2H3,(H2,17,19). The molecule has 0 spiro atoms. The molecule has 1 aromatic carbocycles. The van der Waals surface area contributed by atoms with Crippen molar-refractivity contribution in [2.45, 2.75) is 31.4 Å². The Morgan fingerprint density at radius 3 is 2.95 bits per heavy atom. The Labute approximate surface area is 123 Å². The van der Waals surface area contributed by atoms with E-state index >= 15 is 0 Å². The van der Waals surface area contributed by atoms with Crippen LogP contribution in [0.1, 0.15) is 25.3 Å². The summed E-state index contributed by atoms with van der Waals surface area (Å²) in [5, 5.41) is 3.05. The predicted octanol–water partition coefficient (Wildman–Crippen LogP) is 1.30. The fraction of sp³-hybridized carbons (Fsp3) is 0.533. The third-order valence-corrected chi connectivity index (χ3v) is 3.90. The Morgan fingerprint density at radius 1 is 1.62 bits per heavy atom. The maximum atomic E-state index is 14.2. The van der Waals surface area contributed by atoms with E-state index in [4.69, 9.17) is 15.2 Å². The van der Waals surface area contributed by atoms with Gasteiger partial charge in [0, 0.05) is 13.2 Å². The molecule has 116 valence electrons. The lowest BCUT2D eigenvalue weighted by Crippen LogP contribution is -2.53. The largest absolute Gasteiger partial charge is 0.496 e. The lowest BCUT2D eigenvalue weighted by molar-refractivity contribution is -0.124. The minimum absolute atomic E-state index is 0.0152. The Kier molecular flexibility index (Phi) is 4.80. The van der Waals surface area contributed by atoms with Crippen molar-refractivity contribution >= 4 is 5.91 Å². The number of methoxy groups -OCH3 is 1. The Balaban J connectivity index is 2.30. The Morgan fingerprint density at radius 2 is 2.38 bits per heavy atom. The molecule has 0 radical (unpaired) electrons. The average molecular weight is 296 g/mol. The van der Waals surface area contributed by atoms with E-state index in [9.17, 15) is 9.18 Å². The first-order valence-corrected chi connectivity index (χ1v) is 6.98. The second-order valence-corrected chi connectivity index (χ2v) is 5.32. The number of benzene rings is 1. The summed E-state index contributed by atoms with van der Waals surface area (Å²) in [5.41, 5.74) is 4.28. The van der Waals surface area contributed by atoms with Crippen molar-refractivity contribution in [2.75, 3.05) is 20.3 Å². The summed E-state index contributed by atoms with van der Waals surface area (Å²) >= 11 is 0. The van der Waals surface area contributed by atoms with Crippen molar-refractivity contribution in [3.8, 4) is 5.75 Å². The fourth-order valence-corrected chi connectivity index (χ4v) is 2.58. The molecule has 1 saturated heterocycles. The smallest absolute Gasteiger partial charge is 0.242 e. The number of amides is 1. The highest BCUT2D eigenvalue weighted by Gasteiger charge is 2.39. The fourth-order valence-electron chi connectivity index (χ4n) is 2.58. The van der Waals surface area contributed by atoms with Gasteiger partial charge in [-0.15, -0.1) is 0 Å². The van der Waals surface area contributed by atoms with Gasteiger partial charge >= 0.3 is 0 Å². The molecule has 1 amide bonds. The highest BCUT2D eigenvalue weighted by atomic mass is 19.1. The van der Waals surface area contributed by atoms with Crippen LogP contribution >= 0.6 is 0 Å². The van der Waals surface area contributed by atoms with Crippen LogP contribution < -0.4 is 15.8 Å². The van der Waals surface area contributed by atoms with Crippen molar-refractivity contribution < 1.29 is 18.7 Å². The second kappa shape index (κ2) is 6.41. The maximum Gasteiger partial charge on any atom is 0.242 e. The van der Waals surface area contributed by atoms with Gasteiger partial charge in [-0.2, -0.15) is 0 Å². The van der Waals surface area contributed by atoms with Crippen LogP contribution in [0, 0.1) is 5.82 Å². The molecule has 1 aliphatic rings. The van der Waals surface area contributed by atoms with E-state index in [0.29, 0.717) is 13.2 Å². The summed E-state index contributed by atoms with van der Waals surface area (Å²) in [4.78, 5) is 11.9. The molecule has 3 N–H and O–H groups in total. The predicted molar refractivity (Wildman–Crippen MR) is 76.5 cm³/mol. The third kappa shape index (κ3) is 3.16. The third-order valence-electron chi connectivity index (χ3n) is 3.90. The topological polar surface area (TPSA) is 73.6 Å². The number of rotatable bonds is 6. The first-order chi connectivity index (χ1) is 9.99. The zero-order valence-corrected chi connectivity index (χ0v) is 12.3. The number of primary amides is 1. The van der Waals surface area contributed by atoms with Crippen LogP contribution in [0.4, 0.5) is 4.39 Å². The average Bonchev–Trinajstić information content (AvgIpc) is 2.97. The van der Waals surface area contributed by atoms with Gasteiger partial charge in [0.1, 0.15) is 17.1 Å². The number of carbonyl (C=O) groups is 1. The van der Waals surface area contributed by atoms with Gasteiger partial charge in [-0.1, -0.05) is 6.07 Å². The molecule has 1 fully saturated rings. The number of nitrogens with one attached hydrogen (secondary N) is 1. The summed E-state index contributed by atoms with van der Waals surface area (Å²) < 4.78 is 24.9. The quantitative estimate of drug-likeness (QED) is 0.830. The van der Waals surface area contributed by atoms with Gasteiger partial charge in [-0.25, -0.2) is 4.39 Å². The SMILES string of the molecule is COc1cccc(F)c1C(C)(NCC1CCCO1)C(N)=O. The lowest BCUT2D eigenvalue weighted by atomic mass is 9.89. The summed E-state index contributed by atoms with van der Waals surface area (Å²) in [6, 6.07) is 4.42. The number of ether oxygens (including phenoxy) is 2. The summed E-state index contributed by atoms with van der Waals surface area (Å²) in [6.45, 7) is 2.70. The number of halogens is 1. The van der Waals surface area contributed by atoms with E-state index in [-0.39, 0.29) is 17.4 Å². The van der Waals surface area contributed by atoms with Gasteiger partial charge in [-0.3, -0.25) is 10.1 Å². The second-order valence-electron chi connectivity index (χ2n) is 5.32. The monoisotopic (exact) mass is 296 g/mol. The van der Waals surface area contributed by atoms with Crippen LogP contribution in [-0.4, -0.2) is 32.3 Å². The molecule has 6 heteroatoms. The molecular weight excluding hydrogens is 275 g/mol. The van der Waals surface area contributed by atoms with Crippen LogP contribution in [0.15, 0.2) is 18.2 Å². The molecule has 2 atom stereocenters. The Hall–Kier alpha value is -1.66. The van der Waals surface area contributed by atoms with Crippen molar-refractivity contribution in [3.63, 3.8) is 0 Å². The first kappa shape index (κ1) is 15.7. The molecule has 2 rings (SSSR count). The number of carbonyl (C=O) groups excluding carboxylic acids is 1. The maximum absolute atomic E-state index is 14.2. The van der Waals surface area contributed by atoms with Crippen molar-refractivity contribution in [1.29, 1.82) is 0 Å². The molecule has 0 saturated carbocycles. The van der Waals surface area contributed by atoms with Gasteiger partial charge < -0.3 is 15.2 Å². The molecule has 0 aliphatic carbocycles. The Bertz CT molecular complexity index is 518. The minimum Gasteiger partial charge on any atom is -0.496 e. The highest BCUT2D eigenvalue weighted by molar-refractivity contribution is 5.86. The van der Waals surface area contributed by atoms with E-state index in [2.05, 4.69) is 5.32 Å². The minimum atomic E-state index is -1.36. The summed E-state index contributed by atoms with van der Waals surface area (Å²) in [7, 11) is 1.43. The summed E-state index contributed by atoms with van der Waals surface area (Å²) in [6.07, 6.45) is 1.92. The molecule has 1 aliphatic heterocycles. The summed E-state index contributed by atoms with van der Waals surface area (Å²) in [5.74, 6) is -0.907. The zero-order valence-electron chi connectivity index (χ0n) is 12.3. The van der Waals surface area contributed by atoms with E-state index in [1.165, 1.54) is 19.2 Å².